The van der Waals surface area contributed by atoms with Crippen LogP contribution in [0.3, 0.4) is 0 Å². The monoisotopic (exact) mass is 410 g/mol. The van der Waals surface area contributed by atoms with E-state index in [9.17, 15) is 13.2 Å². The molecule has 25 heavy (non-hydrogen) atoms. The van der Waals surface area contributed by atoms with E-state index in [4.69, 9.17) is 17.3 Å². The fourth-order valence-corrected chi connectivity index (χ4v) is 4.96. The van der Waals surface area contributed by atoms with Crippen LogP contribution in [0.5, 0.6) is 0 Å². The van der Waals surface area contributed by atoms with E-state index in [1.807, 2.05) is 0 Å². The summed E-state index contributed by atoms with van der Waals surface area (Å²) in [5.74, 6) is -0.331. The Bertz CT molecular complexity index is 691. The number of nitrogens with two attached hydrogens (primary N) is 1. The van der Waals surface area contributed by atoms with Crippen LogP contribution in [0.15, 0.2) is 23.1 Å². The highest BCUT2D eigenvalue weighted by Gasteiger charge is 2.28. The lowest BCUT2D eigenvalue weighted by Gasteiger charge is -2.30. The summed E-state index contributed by atoms with van der Waals surface area (Å²) in [5.41, 5.74) is 5.99. The second kappa shape index (κ2) is 9.73. The van der Waals surface area contributed by atoms with Gasteiger partial charge in [0.15, 0.2) is 0 Å². The maximum atomic E-state index is 12.6. The molecule has 3 N–H and O–H groups in total. The van der Waals surface area contributed by atoms with Crippen LogP contribution >= 0.6 is 24.0 Å². The van der Waals surface area contributed by atoms with Crippen LogP contribution in [0.2, 0.25) is 5.02 Å². The summed E-state index contributed by atoms with van der Waals surface area (Å²) in [6.45, 7) is 0.238. The Morgan fingerprint density at radius 2 is 2.00 bits per heavy atom. The standard InChI is InChI=1S/C16H23ClN2O4S.ClH/c1-23-16(20)12-7-8-15(13(17)9-12)24(21,22)19-14(10-18)11-5-3-2-4-6-11;/h7-9,11,14,19H,2-6,10,18H2,1H3;1H. The van der Waals surface area contributed by atoms with Crippen LogP contribution in [0.25, 0.3) is 0 Å². The van der Waals surface area contributed by atoms with Crippen LogP contribution in [0, 0.1) is 5.92 Å². The number of sulfonamides is 1. The highest BCUT2D eigenvalue weighted by Crippen LogP contribution is 2.28. The minimum atomic E-state index is -3.81. The normalized spacial score (nSPS) is 16.8. The van der Waals surface area contributed by atoms with Crippen molar-refractivity contribution in [2.75, 3.05) is 13.7 Å². The SMILES string of the molecule is COC(=O)c1ccc(S(=O)(=O)NC(CN)C2CCCCC2)c(Cl)c1.Cl. The summed E-state index contributed by atoms with van der Waals surface area (Å²) in [6, 6.07) is 3.67. The third-order valence-corrected chi connectivity index (χ3v) is 6.39. The van der Waals surface area contributed by atoms with Gasteiger partial charge in [-0.1, -0.05) is 30.9 Å². The quantitative estimate of drug-likeness (QED) is 0.702. The van der Waals surface area contributed by atoms with Crippen molar-refractivity contribution in [3.05, 3.63) is 28.8 Å². The second-order valence-corrected chi connectivity index (χ2v) is 8.09. The molecule has 0 amide bonds. The number of rotatable bonds is 6. The van der Waals surface area contributed by atoms with Crippen molar-refractivity contribution in [1.82, 2.24) is 4.72 Å². The smallest absolute Gasteiger partial charge is 0.337 e. The Kier molecular flexibility index (Phi) is 8.63. The molecule has 2 rings (SSSR count). The van der Waals surface area contributed by atoms with Crippen LogP contribution < -0.4 is 10.5 Å². The van der Waals surface area contributed by atoms with Gasteiger partial charge in [-0.3, -0.25) is 0 Å². The number of hydrogen-bond acceptors (Lipinski definition) is 5. The van der Waals surface area contributed by atoms with Crippen LogP contribution in [0.4, 0.5) is 0 Å². The molecule has 1 unspecified atom stereocenters. The molecule has 0 radical (unpaired) electrons. The third kappa shape index (κ3) is 5.56. The van der Waals surface area contributed by atoms with Crippen molar-refractivity contribution in [2.24, 2.45) is 11.7 Å². The van der Waals surface area contributed by atoms with Crippen LogP contribution in [-0.4, -0.2) is 34.1 Å². The topological polar surface area (TPSA) is 98.5 Å². The summed E-state index contributed by atoms with van der Waals surface area (Å²) in [4.78, 5) is 11.4. The molecule has 1 fully saturated rings. The number of benzene rings is 1. The molecule has 1 aromatic rings. The minimum Gasteiger partial charge on any atom is -0.465 e. The van der Waals surface area contributed by atoms with E-state index >= 15 is 0 Å². The fourth-order valence-electron chi connectivity index (χ4n) is 3.10. The van der Waals surface area contributed by atoms with Crippen molar-refractivity contribution in [3.8, 4) is 0 Å². The average molecular weight is 411 g/mol. The van der Waals surface area contributed by atoms with Gasteiger partial charge in [-0.2, -0.15) is 0 Å². The van der Waals surface area contributed by atoms with Gasteiger partial charge in [0.2, 0.25) is 10.0 Å². The zero-order valence-electron chi connectivity index (χ0n) is 14.0. The molecule has 6 nitrogen and oxygen atoms in total. The molecular weight excluding hydrogens is 387 g/mol. The number of hydrogen-bond donors (Lipinski definition) is 2. The van der Waals surface area contributed by atoms with E-state index in [0.29, 0.717) is 0 Å². The first kappa shape index (κ1) is 22.2. The van der Waals surface area contributed by atoms with Gasteiger partial charge in [-0.05, 0) is 37.0 Å². The molecule has 1 aliphatic carbocycles. The Morgan fingerprint density at radius 1 is 1.36 bits per heavy atom. The Hall–Kier alpha value is -0.860. The van der Waals surface area contributed by atoms with Gasteiger partial charge in [0.25, 0.3) is 0 Å². The van der Waals surface area contributed by atoms with Crippen molar-refractivity contribution < 1.29 is 17.9 Å². The number of carbonyl (C=O) groups excluding carboxylic acids is 1. The lowest BCUT2D eigenvalue weighted by atomic mass is 9.84. The Morgan fingerprint density at radius 3 is 2.52 bits per heavy atom. The predicted molar refractivity (Wildman–Crippen MR) is 99.8 cm³/mol. The van der Waals surface area contributed by atoms with E-state index in [2.05, 4.69) is 9.46 Å². The van der Waals surface area contributed by atoms with Gasteiger partial charge in [-0.15, -0.1) is 12.4 Å². The molecule has 1 aromatic carbocycles. The van der Waals surface area contributed by atoms with Crippen LogP contribution in [-0.2, 0) is 14.8 Å². The van der Waals surface area contributed by atoms with E-state index < -0.39 is 16.0 Å². The van der Waals surface area contributed by atoms with E-state index in [1.54, 1.807) is 0 Å². The molecule has 0 aromatic heterocycles. The first-order chi connectivity index (χ1) is 11.4. The maximum absolute atomic E-state index is 12.6. The van der Waals surface area contributed by atoms with Crippen molar-refractivity contribution in [2.45, 2.75) is 43.0 Å². The number of ether oxygens (including phenoxy) is 1. The lowest BCUT2D eigenvalue weighted by molar-refractivity contribution is 0.0600. The van der Waals surface area contributed by atoms with Crippen molar-refractivity contribution in [3.63, 3.8) is 0 Å². The molecule has 9 heteroatoms. The lowest BCUT2D eigenvalue weighted by Crippen LogP contribution is -2.45. The second-order valence-electron chi connectivity index (χ2n) is 6.00. The number of esters is 1. The van der Waals surface area contributed by atoms with E-state index in [0.717, 1.165) is 25.7 Å². The van der Waals surface area contributed by atoms with Crippen molar-refractivity contribution in [1.29, 1.82) is 0 Å². The molecular formula is C16H24Cl2N2O4S. The molecule has 0 aliphatic heterocycles. The first-order valence-corrected chi connectivity index (χ1v) is 9.85. The van der Waals surface area contributed by atoms with Gasteiger partial charge < -0.3 is 10.5 Å². The summed E-state index contributed by atoms with van der Waals surface area (Å²) >= 11 is 6.07. The maximum Gasteiger partial charge on any atom is 0.337 e. The molecule has 142 valence electrons. The number of nitrogens with one attached hydrogen (secondary N) is 1. The third-order valence-electron chi connectivity index (χ3n) is 4.42. The van der Waals surface area contributed by atoms with Gasteiger partial charge in [0.1, 0.15) is 4.90 Å². The summed E-state index contributed by atoms with van der Waals surface area (Å²) in [6.07, 6.45) is 5.31. The molecule has 1 aliphatic rings. The highest BCUT2D eigenvalue weighted by molar-refractivity contribution is 7.89. The van der Waals surface area contributed by atoms with Gasteiger partial charge in [-0.25, -0.2) is 17.9 Å². The Balaban J connectivity index is 0.00000312. The molecule has 0 bridgehead atoms. The van der Waals surface area contributed by atoms with Gasteiger partial charge >= 0.3 is 5.97 Å². The van der Waals surface area contributed by atoms with E-state index in [-0.39, 0.29) is 46.4 Å². The Labute approximate surface area is 159 Å². The molecule has 0 saturated heterocycles. The van der Waals surface area contributed by atoms with E-state index in [1.165, 1.54) is 31.7 Å². The van der Waals surface area contributed by atoms with Crippen molar-refractivity contribution >= 4 is 40.0 Å². The number of carbonyl (C=O) groups is 1. The molecule has 0 heterocycles. The number of halogens is 2. The molecule has 1 saturated carbocycles. The van der Waals surface area contributed by atoms with Gasteiger partial charge in [0, 0.05) is 12.6 Å². The zero-order chi connectivity index (χ0) is 17.7. The highest BCUT2D eigenvalue weighted by atomic mass is 35.5. The summed E-state index contributed by atoms with van der Waals surface area (Å²) in [5, 5.41) is -0.0233. The molecule has 1 atom stereocenters. The number of methoxy groups -OCH3 is 1. The van der Waals surface area contributed by atoms with Crippen LogP contribution in [0.1, 0.15) is 42.5 Å². The largest absolute Gasteiger partial charge is 0.465 e. The summed E-state index contributed by atoms with van der Waals surface area (Å²) in [7, 11) is -2.57. The minimum absolute atomic E-state index is 0. The molecule has 0 spiro atoms. The van der Waals surface area contributed by atoms with Gasteiger partial charge in [0.05, 0.1) is 17.7 Å². The summed E-state index contributed by atoms with van der Waals surface area (Å²) < 4.78 is 32.6. The zero-order valence-corrected chi connectivity index (χ0v) is 16.4. The first-order valence-electron chi connectivity index (χ1n) is 7.99. The predicted octanol–water partition coefficient (Wildman–Crippen LogP) is 2.73. The average Bonchev–Trinajstić information content (AvgIpc) is 2.59. The fraction of sp³-hybridized carbons (Fsp3) is 0.562.